The van der Waals surface area contributed by atoms with Gasteiger partial charge >= 0.3 is 0 Å². The molecular weight excluding hydrogens is 186 g/mol. The Hall–Kier alpha value is -1.38. The first kappa shape index (κ1) is 8.89. The molecule has 78 valence electrons. The third kappa shape index (κ3) is 1.06. The highest BCUT2D eigenvalue weighted by Gasteiger charge is 2.39. The number of fused-ring (bicyclic) bond motifs is 3. The lowest BCUT2D eigenvalue weighted by Gasteiger charge is -2.18. The molecule has 1 aliphatic rings. The maximum Gasteiger partial charge on any atom is 0.234 e. The van der Waals surface area contributed by atoms with Crippen LogP contribution < -0.4 is 0 Å². The standard InChI is InChI=1S/C12H15N3/c1-8-7-12(2,3)10-9(8)14-11-13-5-4-6-15(10)11/h4-6,8H,7H2,1-3H3. The smallest absolute Gasteiger partial charge is 0.234 e. The SMILES string of the molecule is CC1CC(C)(C)c2c1nc1ncccn21. The monoisotopic (exact) mass is 201 g/mol. The van der Waals surface area contributed by atoms with Crippen molar-refractivity contribution < 1.29 is 0 Å². The predicted octanol–water partition coefficient (Wildman–Crippen LogP) is 2.51. The van der Waals surface area contributed by atoms with Crippen LogP contribution in [0.25, 0.3) is 5.78 Å². The van der Waals surface area contributed by atoms with Crippen molar-refractivity contribution in [3.63, 3.8) is 0 Å². The van der Waals surface area contributed by atoms with Crippen LogP contribution in [-0.2, 0) is 5.41 Å². The average Bonchev–Trinajstić information content (AvgIpc) is 2.64. The summed E-state index contributed by atoms with van der Waals surface area (Å²) in [5.41, 5.74) is 2.80. The summed E-state index contributed by atoms with van der Waals surface area (Å²) >= 11 is 0. The first-order valence-electron chi connectivity index (χ1n) is 5.43. The lowest BCUT2D eigenvalue weighted by atomic mass is 9.89. The summed E-state index contributed by atoms with van der Waals surface area (Å²) in [7, 11) is 0. The average molecular weight is 201 g/mol. The summed E-state index contributed by atoms with van der Waals surface area (Å²) in [6, 6.07) is 1.97. The Labute approximate surface area is 89.2 Å². The second kappa shape index (κ2) is 2.60. The molecule has 0 aliphatic heterocycles. The van der Waals surface area contributed by atoms with Crippen molar-refractivity contribution in [2.45, 2.75) is 38.5 Å². The van der Waals surface area contributed by atoms with Crippen molar-refractivity contribution in [3.05, 3.63) is 29.8 Å². The summed E-state index contributed by atoms with van der Waals surface area (Å²) in [6.07, 6.45) is 5.05. The van der Waals surface area contributed by atoms with Gasteiger partial charge in [0.05, 0.1) is 11.4 Å². The molecule has 0 N–H and O–H groups in total. The minimum absolute atomic E-state index is 0.219. The van der Waals surface area contributed by atoms with Gasteiger partial charge in [-0.2, -0.15) is 0 Å². The van der Waals surface area contributed by atoms with Gasteiger partial charge in [-0.05, 0) is 12.5 Å². The van der Waals surface area contributed by atoms with Crippen molar-refractivity contribution in [2.24, 2.45) is 0 Å². The molecule has 0 aromatic carbocycles. The molecule has 0 amide bonds. The topological polar surface area (TPSA) is 30.2 Å². The molecule has 0 saturated carbocycles. The van der Waals surface area contributed by atoms with Crippen LogP contribution in [0, 0.1) is 0 Å². The van der Waals surface area contributed by atoms with Gasteiger partial charge in [0.1, 0.15) is 0 Å². The van der Waals surface area contributed by atoms with Crippen LogP contribution in [0.2, 0.25) is 0 Å². The quantitative estimate of drug-likeness (QED) is 0.655. The van der Waals surface area contributed by atoms with Crippen LogP contribution in [0.3, 0.4) is 0 Å². The van der Waals surface area contributed by atoms with E-state index in [2.05, 4.69) is 41.3 Å². The fraction of sp³-hybridized carbons (Fsp3) is 0.500. The molecular formula is C12H15N3. The van der Waals surface area contributed by atoms with Crippen molar-refractivity contribution in [2.75, 3.05) is 0 Å². The number of imidazole rings is 1. The lowest BCUT2D eigenvalue weighted by Crippen LogP contribution is -2.15. The van der Waals surface area contributed by atoms with Crippen LogP contribution in [0.5, 0.6) is 0 Å². The molecule has 0 spiro atoms. The number of hydrogen-bond acceptors (Lipinski definition) is 2. The predicted molar refractivity (Wildman–Crippen MR) is 59.0 cm³/mol. The Morgan fingerprint density at radius 3 is 3.07 bits per heavy atom. The summed E-state index contributed by atoms with van der Waals surface area (Å²) in [5.74, 6) is 1.39. The lowest BCUT2D eigenvalue weighted by molar-refractivity contribution is 0.473. The molecule has 0 fully saturated rings. The first-order valence-corrected chi connectivity index (χ1v) is 5.43. The van der Waals surface area contributed by atoms with E-state index < -0.39 is 0 Å². The van der Waals surface area contributed by atoms with Crippen molar-refractivity contribution >= 4 is 5.78 Å². The molecule has 0 saturated heterocycles. The van der Waals surface area contributed by atoms with Crippen LogP contribution >= 0.6 is 0 Å². The molecule has 2 aromatic rings. The Morgan fingerprint density at radius 2 is 2.27 bits per heavy atom. The molecule has 3 heteroatoms. The third-order valence-electron chi connectivity index (χ3n) is 3.35. The zero-order valence-corrected chi connectivity index (χ0v) is 9.36. The van der Waals surface area contributed by atoms with Gasteiger partial charge in [-0.25, -0.2) is 9.97 Å². The van der Waals surface area contributed by atoms with Gasteiger partial charge in [-0.3, -0.25) is 4.40 Å². The maximum atomic E-state index is 4.62. The highest BCUT2D eigenvalue weighted by Crippen LogP contribution is 2.44. The van der Waals surface area contributed by atoms with Gasteiger partial charge in [-0.15, -0.1) is 0 Å². The molecule has 1 atom stereocenters. The van der Waals surface area contributed by atoms with Crippen LogP contribution in [0.4, 0.5) is 0 Å². The van der Waals surface area contributed by atoms with E-state index in [1.165, 1.54) is 17.8 Å². The molecule has 3 nitrogen and oxygen atoms in total. The largest absolute Gasteiger partial charge is 0.287 e. The van der Waals surface area contributed by atoms with E-state index in [0.29, 0.717) is 5.92 Å². The highest BCUT2D eigenvalue weighted by molar-refractivity contribution is 5.43. The van der Waals surface area contributed by atoms with Crippen molar-refractivity contribution in [1.29, 1.82) is 0 Å². The van der Waals surface area contributed by atoms with E-state index in [1.54, 1.807) is 6.20 Å². The van der Waals surface area contributed by atoms with Crippen LogP contribution in [-0.4, -0.2) is 14.4 Å². The minimum atomic E-state index is 0.219. The number of aromatic nitrogens is 3. The molecule has 1 unspecified atom stereocenters. The second-order valence-electron chi connectivity index (χ2n) is 5.12. The number of rotatable bonds is 0. The summed E-state index contributed by atoms with van der Waals surface area (Å²) < 4.78 is 2.14. The highest BCUT2D eigenvalue weighted by atomic mass is 15.1. The van der Waals surface area contributed by atoms with E-state index in [4.69, 9.17) is 0 Å². The van der Waals surface area contributed by atoms with E-state index in [-0.39, 0.29) is 5.41 Å². The number of nitrogens with zero attached hydrogens (tertiary/aromatic N) is 3. The van der Waals surface area contributed by atoms with E-state index in [9.17, 15) is 0 Å². The molecule has 15 heavy (non-hydrogen) atoms. The summed E-state index contributed by atoms with van der Waals surface area (Å²) in [4.78, 5) is 8.92. The zero-order valence-electron chi connectivity index (χ0n) is 9.36. The number of hydrogen-bond donors (Lipinski definition) is 0. The van der Waals surface area contributed by atoms with Crippen molar-refractivity contribution in [1.82, 2.24) is 14.4 Å². The van der Waals surface area contributed by atoms with Gasteiger partial charge in [0.25, 0.3) is 0 Å². The fourth-order valence-corrected chi connectivity index (χ4v) is 2.88. The molecule has 0 bridgehead atoms. The van der Waals surface area contributed by atoms with E-state index >= 15 is 0 Å². The Kier molecular flexibility index (Phi) is 1.54. The zero-order chi connectivity index (χ0) is 10.6. The van der Waals surface area contributed by atoms with E-state index in [0.717, 1.165) is 5.78 Å². The molecule has 0 radical (unpaired) electrons. The van der Waals surface area contributed by atoms with Crippen LogP contribution in [0.15, 0.2) is 18.5 Å². The van der Waals surface area contributed by atoms with E-state index in [1.807, 2.05) is 6.07 Å². The molecule has 3 rings (SSSR count). The molecule has 1 aliphatic carbocycles. The fourth-order valence-electron chi connectivity index (χ4n) is 2.88. The third-order valence-corrected chi connectivity index (χ3v) is 3.35. The van der Waals surface area contributed by atoms with Gasteiger partial charge in [-0.1, -0.05) is 20.8 Å². The molecule has 2 heterocycles. The minimum Gasteiger partial charge on any atom is -0.287 e. The second-order valence-corrected chi connectivity index (χ2v) is 5.12. The maximum absolute atomic E-state index is 4.62. The summed E-state index contributed by atoms with van der Waals surface area (Å²) in [5, 5.41) is 0. The Bertz CT molecular complexity index is 525. The molecule has 2 aromatic heterocycles. The van der Waals surface area contributed by atoms with Gasteiger partial charge in [0.2, 0.25) is 5.78 Å². The Morgan fingerprint density at radius 1 is 1.47 bits per heavy atom. The summed E-state index contributed by atoms with van der Waals surface area (Å²) in [6.45, 7) is 6.83. The van der Waals surface area contributed by atoms with Gasteiger partial charge in [0, 0.05) is 23.7 Å². The van der Waals surface area contributed by atoms with Crippen LogP contribution in [0.1, 0.15) is 44.5 Å². The normalized spacial score (nSPS) is 23.3. The van der Waals surface area contributed by atoms with Crippen molar-refractivity contribution in [3.8, 4) is 0 Å². The van der Waals surface area contributed by atoms with Gasteiger partial charge < -0.3 is 0 Å². The van der Waals surface area contributed by atoms with Gasteiger partial charge in [0.15, 0.2) is 0 Å². The Balaban J connectivity index is 2.40. The first-order chi connectivity index (χ1) is 7.09.